The first-order valence-corrected chi connectivity index (χ1v) is 7.90. The third-order valence-corrected chi connectivity index (χ3v) is 5.38. The molecule has 1 fully saturated rings. The van der Waals surface area contributed by atoms with E-state index in [1.54, 1.807) is 18.2 Å². The van der Waals surface area contributed by atoms with Crippen molar-refractivity contribution in [3.05, 3.63) is 30.3 Å². The molecule has 1 heterocycles. The Balaban J connectivity index is 2.34. The van der Waals surface area contributed by atoms with Gasteiger partial charge >= 0.3 is 0 Å². The zero-order valence-electron chi connectivity index (χ0n) is 11.6. The van der Waals surface area contributed by atoms with Crippen LogP contribution in [0.4, 0.5) is 0 Å². The molecule has 0 spiro atoms. The summed E-state index contributed by atoms with van der Waals surface area (Å²) in [5, 5.41) is 0. The van der Waals surface area contributed by atoms with Crippen LogP contribution in [0.25, 0.3) is 0 Å². The lowest BCUT2D eigenvalue weighted by molar-refractivity contribution is -0.133. The van der Waals surface area contributed by atoms with Crippen LogP contribution in [0.5, 0.6) is 0 Å². The Hall–Kier alpha value is -1.93. The van der Waals surface area contributed by atoms with Crippen LogP contribution in [-0.4, -0.2) is 55.1 Å². The average Bonchev–Trinajstić information content (AvgIpc) is 2.47. The minimum absolute atomic E-state index is 0.0171. The third-order valence-electron chi connectivity index (χ3n) is 3.45. The van der Waals surface area contributed by atoms with Crippen molar-refractivity contribution < 1.29 is 18.0 Å². The number of nitrogens with two attached hydrogens (primary N) is 1. The van der Waals surface area contributed by atoms with Crippen molar-refractivity contribution in [2.75, 3.05) is 19.6 Å². The largest absolute Gasteiger partial charge is 0.368 e. The number of carbonyl (C=O) groups is 2. The number of hydrogen-bond donors (Lipinski definition) is 1. The number of benzene rings is 1. The predicted molar refractivity (Wildman–Crippen MR) is 75.6 cm³/mol. The normalized spacial score (nSPS) is 20.2. The molecule has 2 rings (SSSR count). The van der Waals surface area contributed by atoms with Gasteiger partial charge in [-0.15, -0.1) is 0 Å². The van der Waals surface area contributed by atoms with Gasteiger partial charge in [-0.2, -0.15) is 4.31 Å². The zero-order valence-corrected chi connectivity index (χ0v) is 12.4. The molecule has 2 N–H and O–H groups in total. The smallest absolute Gasteiger partial charge is 0.243 e. The van der Waals surface area contributed by atoms with E-state index < -0.39 is 22.0 Å². The van der Waals surface area contributed by atoms with E-state index in [0.29, 0.717) is 0 Å². The van der Waals surface area contributed by atoms with Crippen LogP contribution >= 0.6 is 0 Å². The standard InChI is InChI=1S/C13H17N3O4S/c1-10(17)15-7-8-16(12(9-15)13(14)18)21(19,20)11-5-3-2-4-6-11/h2-6,12H,7-9H2,1H3,(H2,14,18). The molecule has 1 saturated heterocycles. The van der Waals surface area contributed by atoms with Crippen molar-refractivity contribution in [3.63, 3.8) is 0 Å². The molecule has 0 radical (unpaired) electrons. The van der Waals surface area contributed by atoms with Gasteiger partial charge in [-0.05, 0) is 12.1 Å². The number of amides is 2. The SMILES string of the molecule is CC(=O)N1CCN(S(=O)(=O)c2ccccc2)C(C(N)=O)C1. The summed E-state index contributed by atoms with van der Waals surface area (Å²) >= 11 is 0. The van der Waals surface area contributed by atoms with Gasteiger partial charge in [0.15, 0.2) is 0 Å². The molecule has 1 aliphatic heterocycles. The van der Waals surface area contributed by atoms with Crippen LogP contribution in [0.2, 0.25) is 0 Å². The Labute approximate surface area is 123 Å². The first-order chi connectivity index (χ1) is 9.84. The molecular formula is C13H17N3O4S. The van der Waals surface area contributed by atoms with Gasteiger partial charge < -0.3 is 10.6 Å². The second kappa shape index (κ2) is 5.82. The van der Waals surface area contributed by atoms with Gasteiger partial charge in [0.1, 0.15) is 6.04 Å². The summed E-state index contributed by atoms with van der Waals surface area (Å²) in [7, 11) is -3.81. The van der Waals surface area contributed by atoms with E-state index in [9.17, 15) is 18.0 Å². The summed E-state index contributed by atoms with van der Waals surface area (Å²) < 4.78 is 26.3. The van der Waals surface area contributed by atoms with Crippen LogP contribution in [0.3, 0.4) is 0 Å². The molecule has 0 saturated carbocycles. The molecule has 8 heteroatoms. The fraction of sp³-hybridized carbons (Fsp3) is 0.385. The highest BCUT2D eigenvalue weighted by Gasteiger charge is 2.39. The molecule has 1 aliphatic rings. The van der Waals surface area contributed by atoms with E-state index in [1.165, 1.54) is 24.0 Å². The summed E-state index contributed by atoms with van der Waals surface area (Å²) in [6.07, 6.45) is 0. The predicted octanol–water partition coefficient (Wildman–Crippen LogP) is -0.607. The summed E-state index contributed by atoms with van der Waals surface area (Å²) in [5.74, 6) is -0.974. The highest BCUT2D eigenvalue weighted by atomic mass is 32.2. The van der Waals surface area contributed by atoms with E-state index in [0.717, 1.165) is 4.31 Å². The molecule has 1 aromatic carbocycles. The molecule has 7 nitrogen and oxygen atoms in total. The van der Waals surface area contributed by atoms with Crippen molar-refractivity contribution in [1.29, 1.82) is 0 Å². The molecule has 1 unspecified atom stereocenters. The van der Waals surface area contributed by atoms with Crippen molar-refractivity contribution in [3.8, 4) is 0 Å². The third kappa shape index (κ3) is 3.06. The second-order valence-corrected chi connectivity index (χ2v) is 6.70. The number of rotatable bonds is 3. The maximum atomic E-state index is 12.6. The first kappa shape index (κ1) is 15.5. The topological polar surface area (TPSA) is 101 Å². The second-order valence-electron chi connectivity index (χ2n) is 4.81. The maximum absolute atomic E-state index is 12.6. The van der Waals surface area contributed by atoms with Crippen LogP contribution in [0, 0.1) is 0 Å². The number of sulfonamides is 1. The Morgan fingerprint density at radius 3 is 2.33 bits per heavy atom. The molecule has 114 valence electrons. The molecule has 2 amide bonds. The van der Waals surface area contributed by atoms with Gasteiger partial charge in [0.25, 0.3) is 0 Å². The Kier molecular flexibility index (Phi) is 4.29. The molecular weight excluding hydrogens is 294 g/mol. The summed E-state index contributed by atoms with van der Waals surface area (Å²) in [4.78, 5) is 24.5. The molecule has 0 aliphatic carbocycles. The number of piperazine rings is 1. The van der Waals surface area contributed by atoms with Crippen LogP contribution < -0.4 is 5.73 Å². The van der Waals surface area contributed by atoms with E-state index in [2.05, 4.69) is 0 Å². The fourth-order valence-corrected chi connectivity index (χ4v) is 3.90. The number of hydrogen-bond acceptors (Lipinski definition) is 4. The highest BCUT2D eigenvalue weighted by Crippen LogP contribution is 2.21. The summed E-state index contributed by atoms with van der Waals surface area (Å²) in [6, 6.07) is 6.80. The fourth-order valence-electron chi connectivity index (χ4n) is 2.30. The quantitative estimate of drug-likeness (QED) is 0.805. The van der Waals surface area contributed by atoms with E-state index in [-0.39, 0.29) is 30.4 Å². The maximum Gasteiger partial charge on any atom is 0.243 e. The zero-order chi connectivity index (χ0) is 15.6. The lowest BCUT2D eigenvalue weighted by atomic mass is 10.2. The van der Waals surface area contributed by atoms with E-state index >= 15 is 0 Å². The van der Waals surface area contributed by atoms with Gasteiger partial charge in [-0.1, -0.05) is 18.2 Å². The summed E-state index contributed by atoms with van der Waals surface area (Å²) in [6.45, 7) is 1.64. The van der Waals surface area contributed by atoms with Crippen molar-refractivity contribution in [1.82, 2.24) is 9.21 Å². The van der Waals surface area contributed by atoms with Gasteiger partial charge in [0.2, 0.25) is 21.8 Å². The lowest BCUT2D eigenvalue weighted by Crippen LogP contribution is -2.60. The van der Waals surface area contributed by atoms with Crippen LogP contribution in [0.1, 0.15) is 6.92 Å². The molecule has 1 aromatic rings. The van der Waals surface area contributed by atoms with Gasteiger partial charge in [0, 0.05) is 26.6 Å². The Bertz CT molecular complexity index is 645. The number of primary amides is 1. The van der Waals surface area contributed by atoms with Gasteiger partial charge in [-0.3, -0.25) is 9.59 Å². The lowest BCUT2D eigenvalue weighted by Gasteiger charge is -2.38. The van der Waals surface area contributed by atoms with Crippen molar-refractivity contribution in [2.45, 2.75) is 17.9 Å². The van der Waals surface area contributed by atoms with Gasteiger partial charge in [0.05, 0.1) is 4.90 Å². The minimum atomic E-state index is -3.81. The van der Waals surface area contributed by atoms with Crippen LogP contribution in [-0.2, 0) is 19.6 Å². The molecule has 21 heavy (non-hydrogen) atoms. The highest BCUT2D eigenvalue weighted by molar-refractivity contribution is 7.89. The van der Waals surface area contributed by atoms with Crippen LogP contribution in [0.15, 0.2) is 35.2 Å². The molecule has 1 atom stereocenters. The Morgan fingerprint density at radius 1 is 1.19 bits per heavy atom. The molecule has 0 aromatic heterocycles. The van der Waals surface area contributed by atoms with Crippen molar-refractivity contribution >= 4 is 21.8 Å². The van der Waals surface area contributed by atoms with Crippen molar-refractivity contribution in [2.24, 2.45) is 5.73 Å². The summed E-state index contributed by atoms with van der Waals surface area (Å²) in [5.41, 5.74) is 5.31. The average molecular weight is 311 g/mol. The minimum Gasteiger partial charge on any atom is -0.368 e. The number of carbonyl (C=O) groups excluding carboxylic acids is 2. The monoisotopic (exact) mass is 311 g/mol. The van der Waals surface area contributed by atoms with E-state index in [1.807, 2.05) is 0 Å². The first-order valence-electron chi connectivity index (χ1n) is 6.46. The van der Waals surface area contributed by atoms with Gasteiger partial charge in [-0.25, -0.2) is 8.42 Å². The van der Waals surface area contributed by atoms with E-state index in [4.69, 9.17) is 5.73 Å². The Morgan fingerprint density at radius 2 is 1.81 bits per heavy atom. The molecule has 0 bridgehead atoms. The number of nitrogens with zero attached hydrogens (tertiary/aromatic N) is 2.